The highest BCUT2D eigenvalue weighted by molar-refractivity contribution is 8.00. The molecule has 1 aromatic carbocycles. The van der Waals surface area contributed by atoms with Crippen LogP contribution >= 0.6 is 11.8 Å². The molecule has 3 rings (SSSR count). The van der Waals surface area contributed by atoms with Crippen LogP contribution in [0.2, 0.25) is 0 Å². The lowest BCUT2D eigenvalue weighted by atomic mass is 10.1. The van der Waals surface area contributed by atoms with Crippen LogP contribution in [0.15, 0.2) is 35.4 Å². The molecule has 1 unspecified atom stereocenters. The zero-order valence-electron chi connectivity index (χ0n) is 11.4. The van der Waals surface area contributed by atoms with E-state index in [9.17, 15) is 0 Å². The maximum absolute atomic E-state index is 4.27. The second-order valence-corrected chi connectivity index (χ2v) is 6.40. The van der Waals surface area contributed by atoms with Crippen molar-refractivity contribution in [1.29, 1.82) is 0 Å². The van der Waals surface area contributed by atoms with Gasteiger partial charge in [0, 0.05) is 41.5 Å². The first-order valence-electron chi connectivity index (χ1n) is 6.67. The first kappa shape index (κ1) is 12.8. The van der Waals surface area contributed by atoms with Crippen LogP contribution in [0.1, 0.15) is 16.8 Å². The van der Waals surface area contributed by atoms with Crippen LogP contribution in [0.3, 0.4) is 0 Å². The standard InChI is InChI=1S/C15H19N3S/c1-11-13(9-17-18(11)2)8-16-10-14-7-12-5-3-4-6-15(12)19-14/h3-6,9,14,16H,7-8,10H2,1-2H3. The molecule has 0 saturated carbocycles. The van der Waals surface area contributed by atoms with Crippen LogP contribution in [0.5, 0.6) is 0 Å². The van der Waals surface area contributed by atoms with Crippen LogP contribution < -0.4 is 5.32 Å². The maximum Gasteiger partial charge on any atom is 0.0537 e. The highest BCUT2D eigenvalue weighted by atomic mass is 32.2. The molecule has 0 bridgehead atoms. The summed E-state index contributed by atoms with van der Waals surface area (Å²) in [7, 11) is 1.99. The summed E-state index contributed by atoms with van der Waals surface area (Å²) in [6.45, 7) is 4.07. The first-order chi connectivity index (χ1) is 9.24. The van der Waals surface area contributed by atoms with E-state index in [4.69, 9.17) is 0 Å². The molecule has 0 saturated heterocycles. The van der Waals surface area contributed by atoms with Crippen molar-refractivity contribution in [3.05, 3.63) is 47.3 Å². The Morgan fingerprint density at radius 2 is 2.26 bits per heavy atom. The van der Waals surface area contributed by atoms with Crippen LogP contribution in [0.4, 0.5) is 0 Å². The van der Waals surface area contributed by atoms with E-state index >= 15 is 0 Å². The van der Waals surface area contributed by atoms with Gasteiger partial charge in [-0.2, -0.15) is 5.10 Å². The van der Waals surface area contributed by atoms with Gasteiger partial charge in [0.25, 0.3) is 0 Å². The molecule has 0 radical (unpaired) electrons. The molecule has 3 nitrogen and oxygen atoms in total. The van der Waals surface area contributed by atoms with Crippen molar-refractivity contribution in [2.45, 2.75) is 30.0 Å². The molecule has 2 aromatic rings. The fourth-order valence-corrected chi connectivity index (χ4v) is 3.74. The molecule has 4 heteroatoms. The van der Waals surface area contributed by atoms with Crippen molar-refractivity contribution in [1.82, 2.24) is 15.1 Å². The van der Waals surface area contributed by atoms with Crippen LogP contribution in [0, 0.1) is 6.92 Å². The van der Waals surface area contributed by atoms with Crippen LogP contribution in [0.25, 0.3) is 0 Å². The summed E-state index contributed by atoms with van der Waals surface area (Å²) < 4.78 is 1.93. The van der Waals surface area contributed by atoms with Gasteiger partial charge in [0.15, 0.2) is 0 Å². The Bertz CT molecular complexity index is 552. The summed E-state index contributed by atoms with van der Waals surface area (Å²) in [5.41, 5.74) is 4.04. The second kappa shape index (κ2) is 5.39. The Balaban J connectivity index is 1.51. The molecule has 1 aliphatic heterocycles. The normalized spacial score (nSPS) is 17.7. The molecular formula is C15H19N3S. The third-order valence-corrected chi connectivity index (χ3v) is 5.06. The van der Waals surface area contributed by atoms with Gasteiger partial charge in [0.2, 0.25) is 0 Å². The van der Waals surface area contributed by atoms with E-state index in [-0.39, 0.29) is 0 Å². The predicted octanol–water partition coefficient (Wildman–Crippen LogP) is 2.54. The number of nitrogens with one attached hydrogen (secondary N) is 1. The number of thioether (sulfide) groups is 1. The number of nitrogens with zero attached hydrogens (tertiary/aromatic N) is 2. The van der Waals surface area contributed by atoms with E-state index in [0.717, 1.165) is 13.1 Å². The van der Waals surface area contributed by atoms with Crippen molar-refractivity contribution < 1.29 is 0 Å². The summed E-state index contributed by atoms with van der Waals surface area (Å²) >= 11 is 2.00. The van der Waals surface area contributed by atoms with Crippen molar-refractivity contribution >= 4 is 11.8 Å². The van der Waals surface area contributed by atoms with Gasteiger partial charge in [0.05, 0.1) is 6.20 Å². The molecule has 0 aliphatic carbocycles. The molecule has 0 spiro atoms. The third-order valence-electron chi connectivity index (χ3n) is 3.74. The van der Waals surface area contributed by atoms with Gasteiger partial charge in [-0.3, -0.25) is 4.68 Å². The molecule has 2 heterocycles. The quantitative estimate of drug-likeness (QED) is 0.928. The third kappa shape index (κ3) is 2.69. The minimum atomic E-state index is 0.661. The SMILES string of the molecule is Cc1c(CNCC2Cc3ccccc3S2)cnn1C. The van der Waals surface area contributed by atoms with Crippen LogP contribution in [-0.2, 0) is 20.0 Å². The molecule has 1 aromatic heterocycles. The van der Waals surface area contributed by atoms with Gasteiger partial charge in [-0.15, -0.1) is 11.8 Å². The van der Waals surface area contributed by atoms with E-state index in [0.29, 0.717) is 5.25 Å². The van der Waals surface area contributed by atoms with Gasteiger partial charge in [-0.1, -0.05) is 18.2 Å². The van der Waals surface area contributed by atoms with E-state index in [1.165, 1.54) is 28.1 Å². The van der Waals surface area contributed by atoms with E-state index in [1.54, 1.807) is 0 Å². The highest BCUT2D eigenvalue weighted by Gasteiger charge is 2.21. The van der Waals surface area contributed by atoms with Crippen molar-refractivity contribution in [3.8, 4) is 0 Å². The molecular weight excluding hydrogens is 254 g/mol. The molecule has 100 valence electrons. The van der Waals surface area contributed by atoms with Crippen molar-refractivity contribution in [2.75, 3.05) is 6.54 Å². The lowest BCUT2D eigenvalue weighted by Crippen LogP contribution is -2.24. The number of benzene rings is 1. The fraction of sp³-hybridized carbons (Fsp3) is 0.400. The Hall–Kier alpha value is -1.26. The van der Waals surface area contributed by atoms with Gasteiger partial charge in [-0.05, 0) is 25.0 Å². The van der Waals surface area contributed by atoms with Crippen molar-refractivity contribution in [2.24, 2.45) is 7.05 Å². The monoisotopic (exact) mass is 273 g/mol. The molecule has 1 N–H and O–H groups in total. The average molecular weight is 273 g/mol. The molecule has 1 atom stereocenters. The Kier molecular flexibility index (Phi) is 3.62. The van der Waals surface area contributed by atoms with Gasteiger partial charge in [0.1, 0.15) is 0 Å². The lowest BCUT2D eigenvalue weighted by molar-refractivity contribution is 0.660. The Labute approximate surface area is 118 Å². The minimum absolute atomic E-state index is 0.661. The zero-order valence-corrected chi connectivity index (χ0v) is 12.2. The van der Waals surface area contributed by atoms with Gasteiger partial charge in [-0.25, -0.2) is 0 Å². The van der Waals surface area contributed by atoms with Gasteiger partial charge >= 0.3 is 0 Å². The second-order valence-electron chi connectivity index (χ2n) is 5.06. The number of hydrogen-bond acceptors (Lipinski definition) is 3. The molecule has 19 heavy (non-hydrogen) atoms. The summed E-state index contributed by atoms with van der Waals surface area (Å²) in [4.78, 5) is 1.45. The number of aryl methyl sites for hydroxylation is 1. The largest absolute Gasteiger partial charge is 0.311 e. The van der Waals surface area contributed by atoms with Crippen molar-refractivity contribution in [3.63, 3.8) is 0 Å². The van der Waals surface area contributed by atoms with E-state index in [2.05, 4.69) is 41.6 Å². The fourth-order valence-electron chi connectivity index (χ4n) is 2.45. The molecule has 0 fully saturated rings. The van der Waals surface area contributed by atoms with E-state index < -0.39 is 0 Å². The number of hydrogen-bond donors (Lipinski definition) is 1. The summed E-state index contributed by atoms with van der Waals surface area (Å²) in [6.07, 6.45) is 3.14. The Morgan fingerprint density at radius 3 is 3.00 bits per heavy atom. The molecule has 1 aliphatic rings. The minimum Gasteiger partial charge on any atom is -0.311 e. The molecule has 0 amide bonds. The highest BCUT2D eigenvalue weighted by Crippen LogP contribution is 2.36. The van der Waals surface area contributed by atoms with Gasteiger partial charge < -0.3 is 5.32 Å². The van der Waals surface area contributed by atoms with Crippen LogP contribution in [-0.4, -0.2) is 21.6 Å². The topological polar surface area (TPSA) is 29.9 Å². The predicted molar refractivity (Wildman–Crippen MR) is 79.4 cm³/mol. The maximum atomic E-state index is 4.27. The summed E-state index contributed by atoms with van der Waals surface area (Å²) in [6, 6.07) is 8.73. The smallest absolute Gasteiger partial charge is 0.0537 e. The average Bonchev–Trinajstić information content (AvgIpc) is 2.96. The lowest BCUT2D eigenvalue weighted by Gasteiger charge is -2.09. The number of aromatic nitrogens is 2. The summed E-state index contributed by atoms with van der Waals surface area (Å²) in [5.74, 6) is 0. The first-order valence-corrected chi connectivity index (χ1v) is 7.55. The number of rotatable bonds is 4. The number of fused-ring (bicyclic) bond motifs is 1. The Morgan fingerprint density at radius 1 is 1.42 bits per heavy atom. The van der Waals surface area contributed by atoms with E-state index in [1.807, 2.05) is 29.7 Å². The summed E-state index contributed by atoms with van der Waals surface area (Å²) in [5, 5.41) is 8.49. The zero-order chi connectivity index (χ0) is 13.2.